The second-order valence-electron chi connectivity index (χ2n) is 6.52. The van der Waals surface area contributed by atoms with Crippen LogP contribution in [0.1, 0.15) is 25.7 Å². The third-order valence-corrected chi connectivity index (χ3v) is 6.48. The van der Waals surface area contributed by atoms with Crippen molar-refractivity contribution in [2.75, 3.05) is 18.0 Å². The van der Waals surface area contributed by atoms with Gasteiger partial charge in [0.15, 0.2) is 0 Å². The van der Waals surface area contributed by atoms with Gasteiger partial charge in [0.25, 0.3) is 10.0 Å². The molecule has 3 rings (SSSR count). The van der Waals surface area contributed by atoms with Gasteiger partial charge < -0.3 is 9.47 Å². The first kappa shape index (κ1) is 19.3. The van der Waals surface area contributed by atoms with Gasteiger partial charge in [-0.15, -0.1) is 6.58 Å². The topological polar surface area (TPSA) is 55.8 Å². The van der Waals surface area contributed by atoms with Crippen molar-refractivity contribution in [1.82, 2.24) is 0 Å². The summed E-state index contributed by atoms with van der Waals surface area (Å²) in [4.78, 5) is 0.205. The third kappa shape index (κ3) is 4.45. The van der Waals surface area contributed by atoms with E-state index >= 15 is 0 Å². The number of rotatable bonds is 8. The van der Waals surface area contributed by atoms with Crippen LogP contribution in [0.4, 0.5) is 5.69 Å². The fourth-order valence-corrected chi connectivity index (χ4v) is 4.66. The predicted octanol–water partition coefficient (Wildman–Crippen LogP) is 4.40. The third-order valence-electron chi connectivity index (χ3n) is 4.67. The normalized spacial score (nSPS) is 14.7. The Morgan fingerprint density at radius 3 is 2.19 bits per heavy atom. The predicted molar refractivity (Wildman–Crippen MR) is 107 cm³/mol. The number of hydrogen-bond donors (Lipinski definition) is 0. The monoisotopic (exact) mass is 387 g/mol. The maximum absolute atomic E-state index is 13.1. The van der Waals surface area contributed by atoms with Gasteiger partial charge in [0.2, 0.25) is 0 Å². The number of hydrogen-bond acceptors (Lipinski definition) is 4. The first-order valence-corrected chi connectivity index (χ1v) is 10.5. The van der Waals surface area contributed by atoms with Crippen molar-refractivity contribution in [2.45, 2.75) is 36.7 Å². The lowest BCUT2D eigenvalue weighted by atomic mass is 10.2. The Bertz CT molecular complexity index is 854. The molecule has 1 saturated carbocycles. The van der Waals surface area contributed by atoms with Crippen molar-refractivity contribution >= 4 is 15.7 Å². The fraction of sp³-hybridized carbons (Fsp3) is 0.333. The van der Waals surface area contributed by atoms with E-state index in [-0.39, 0.29) is 17.5 Å². The first-order valence-electron chi connectivity index (χ1n) is 9.09. The summed E-state index contributed by atoms with van der Waals surface area (Å²) < 4.78 is 38.6. The van der Waals surface area contributed by atoms with E-state index in [1.54, 1.807) is 49.6 Å². The van der Waals surface area contributed by atoms with Gasteiger partial charge in [-0.1, -0.05) is 6.08 Å². The molecule has 0 spiro atoms. The van der Waals surface area contributed by atoms with Crippen LogP contribution in [0, 0.1) is 0 Å². The molecule has 0 radical (unpaired) electrons. The molecular formula is C21H25NO4S. The van der Waals surface area contributed by atoms with Crippen molar-refractivity contribution in [3.05, 3.63) is 61.2 Å². The summed E-state index contributed by atoms with van der Waals surface area (Å²) in [5.41, 5.74) is 0.574. The van der Waals surface area contributed by atoms with Gasteiger partial charge in [-0.05, 0) is 74.2 Å². The molecule has 27 heavy (non-hydrogen) atoms. The molecular weight excluding hydrogens is 362 g/mol. The number of ether oxygens (including phenoxy) is 2. The summed E-state index contributed by atoms with van der Waals surface area (Å²) >= 11 is 0. The number of anilines is 1. The maximum Gasteiger partial charge on any atom is 0.264 e. The van der Waals surface area contributed by atoms with Crippen LogP contribution < -0.4 is 13.8 Å². The quantitative estimate of drug-likeness (QED) is 0.630. The minimum absolute atomic E-state index is 0.178. The minimum Gasteiger partial charge on any atom is -0.497 e. The second kappa shape index (κ2) is 8.48. The molecule has 0 unspecified atom stereocenters. The lowest BCUT2D eigenvalue weighted by Crippen LogP contribution is -2.31. The van der Waals surface area contributed by atoms with E-state index in [1.807, 2.05) is 12.1 Å². The molecule has 0 bridgehead atoms. The average molecular weight is 388 g/mol. The molecule has 0 atom stereocenters. The van der Waals surface area contributed by atoms with Gasteiger partial charge in [0.1, 0.15) is 11.5 Å². The van der Waals surface area contributed by atoms with Crippen molar-refractivity contribution < 1.29 is 17.9 Å². The van der Waals surface area contributed by atoms with Gasteiger partial charge >= 0.3 is 0 Å². The second-order valence-corrected chi connectivity index (χ2v) is 8.38. The lowest BCUT2D eigenvalue weighted by Gasteiger charge is -2.23. The molecule has 0 saturated heterocycles. The van der Waals surface area contributed by atoms with Gasteiger partial charge in [0, 0.05) is 0 Å². The van der Waals surface area contributed by atoms with Crippen LogP contribution in [0.15, 0.2) is 66.1 Å². The Morgan fingerprint density at radius 1 is 1.04 bits per heavy atom. The summed E-state index contributed by atoms with van der Waals surface area (Å²) in [5, 5.41) is 0. The molecule has 0 heterocycles. The SMILES string of the molecule is C=CCN(c1ccc(OC2CCCC2)cc1)S(=O)(=O)c1ccc(OC)cc1. The molecule has 0 aliphatic heterocycles. The number of nitrogens with zero attached hydrogens (tertiary/aromatic N) is 1. The Kier molecular flexibility index (Phi) is 6.06. The van der Waals surface area contributed by atoms with E-state index < -0.39 is 10.0 Å². The summed E-state index contributed by atoms with van der Waals surface area (Å²) in [6.45, 7) is 3.87. The number of methoxy groups -OCH3 is 1. The van der Waals surface area contributed by atoms with Gasteiger partial charge in [-0.3, -0.25) is 4.31 Å². The molecule has 1 aliphatic rings. The van der Waals surface area contributed by atoms with Crippen LogP contribution >= 0.6 is 0 Å². The van der Waals surface area contributed by atoms with E-state index in [0.29, 0.717) is 11.4 Å². The van der Waals surface area contributed by atoms with Crippen LogP contribution in [-0.2, 0) is 10.0 Å². The largest absolute Gasteiger partial charge is 0.497 e. The van der Waals surface area contributed by atoms with E-state index in [2.05, 4.69) is 6.58 Å². The van der Waals surface area contributed by atoms with Crippen LogP contribution in [0.2, 0.25) is 0 Å². The van der Waals surface area contributed by atoms with E-state index in [0.717, 1.165) is 18.6 Å². The zero-order chi connectivity index (χ0) is 19.3. The maximum atomic E-state index is 13.1. The highest BCUT2D eigenvalue weighted by Gasteiger charge is 2.24. The standard InChI is InChI=1S/C21H25NO4S/c1-3-16-22(27(23,24)21-14-12-18(25-2)13-15-21)17-8-10-20(11-9-17)26-19-6-4-5-7-19/h3,8-15,19H,1,4-7,16H2,2H3. The van der Waals surface area contributed by atoms with E-state index in [9.17, 15) is 8.42 Å². The lowest BCUT2D eigenvalue weighted by molar-refractivity contribution is 0.210. The van der Waals surface area contributed by atoms with Gasteiger partial charge in [-0.25, -0.2) is 8.42 Å². The molecule has 6 heteroatoms. The van der Waals surface area contributed by atoms with Crippen molar-refractivity contribution in [2.24, 2.45) is 0 Å². The molecule has 0 N–H and O–H groups in total. The highest BCUT2D eigenvalue weighted by atomic mass is 32.2. The number of sulfonamides is 1. The smallest absolute Gasteiger partial charge is 0.264 e. The van der Waals surface area contributed by atoms with Gasteiger partial charge in [0.05, 0.1) is 30.3 Å². The average Bonchev–Trinajstić information content (AvgIpc) is 3.20. The summed E-state index contributed by atoms with van der Waals surface area (Å²) in [7, 11) is -2.17. The van der Waals surface area contributed by atoms with Crippen molar-refractivity contribution in [3.8, 4) is 11.5 Å². The Balaban J connectivity index is 1.83. The molecule has 1 fully saturated rings. The Hall–Kier alpha value is -2.47. The van der Waals surface area contributed by atoms with Crippen molar-refractivity contribution in [3.63, 3.8) is 0 Å². The van der Waals surface area contributed by atoms with Crippen LogP contribution in [-0.4, -0.2) is 28.2 Å². The molecule has 5 nitrogen and oxygen atoms in total. The zero-order valence-electron chi connectivity index (χ0n) is 15.5. The summed E-state index contributed by atoms with van der Waals surface area (Å²) in [6, 6.07) is 13.6. The molecule has 1 aliphatic carbocycles. The Labute approximate surface area is 161 Å². The minimum atomic E-state index is -3.71. The molecule has 144 valence electrons. The number of benzene rings is 2. The van der Waals surface area contributed by atoms with Crippen LogP contribution in [0.25, 0.3) is 0 Å². The zero-order valence-corrected chi connectivity index (χ0v) is 16.3. The molecule has 2 aromatic rings. The summed E-state index contributed by atoms with van der Waals surface area (Å²) in [5.74, 6) is 1.38. The summed E-state index contributed by atoms with van der Waals surface area (Å²) in [6.07, 6.45) is 6.41. The highest BCUT2D eigenvalue weighted by molar-refractivity contribution is 7.92. The molecule has 0 amide bonds. The molecule has 0 aromatic heterocycles. The Morgan fingerprint density at radius 2 is 1.63 bits per heavy atom. The first-order chi connectivity index (χ1) is 13.0. The molecule has 2 aromatic carbocycles. The highest BCUT2D eigenvalue weighted by Crippen LogP contribution is 2.29. The fourth-order valence-electron chi connectivity index (χ4n) is 3.22. The van der Waals surface area contributed by atoms with Crippen LogP contribution in [0.5, 0.6) is 11.5 Å². The van der Waals surface area contributed by atoms with Crippen LogP contribution in [0.3, 0.4) is 0 Å². The van der Waals surface area contributed by atoms with Gasteiger partial charge in [-0.2, -0.15) is 0 Å². The van der Waals surface area contributed by atoms with E-state index in [4.69, 9.17) is 9.47 Å². The van der Waals surface area contributed by atoms with Crippen molar-refractivity contribution in [1.29, 1.82) is 0 Å². The van der Waals surface area contributed by atoms with E-state index in [1.165, 1.54) is 17.1 Å².